The SMILES string of the molecule is Cc1nc2cc(C(=O)OCC(N)=O)ccc2n1-c1ccccc1. The van der Waals surface area contributed by atoms with Crippen molar-refractivity contribution in [3.63, 3.8) is 0 Å². The lowest BCUT2D eigenvalue weighted by atomic mass is 10.2. The van der Waals surface area contributed by atoms with E-state index in [1.54, 1.807) is 12.1 Å². The van der Waals surface area contributed by atoms with Gasteiger partial charge in [-0.3, -0.25) is 9.36 Å². The van der Waals surface area contributed by atoms with Crippen molar-refractivity contribution in [2.45, 2.75) is 6.92 Å². The molecule has 1 aromatic heterocycles. The summed E-state index contributed by atoms with van der Waals surface area (Å²) in [5, 5.41) is 0. The quantitative estimate of drug-likeness (QED) is 0.746. The first-order valence-corrected chi connectivity index (χ1v) is 7.06. The number of imidazole rings is 1. The average Bonchev–Trinajstić information content (AvgIpc) is 2.88. The van der Waals surface area contributed by atoms with Gasteiger partial charge in [0.1, 0.15) is 5.82 Å². The standard InChI is InChI=1S/C17H15N3O3/c1-11-19-14-9-12(17(22)23-10-16(18)21)7-8-15(14)20(11)13-5-3-2-4-6-13/h2-9H,10H2,1H3,(H2,18,21). The molecule has 116 valence electrons. The molecular formula is C17H15N3O3. The molecule has 0 aliphatic rings. The zero-order valence-electron chi connectivity index (χ0n) is 12.5. The van der Waals surface area contributed by atoms with Gasteiger partial charge in [0.05, 0.1) is 16.6 Å². The summed E-state index contributed by atoms with van der Waals surface area (Å²) >= 11 is 0. The molecule has 0 unspecified atom stereocenters. The molecule has 0 aliphatic carbocycles. The number of esters is 1. The van der Waals surface area contributed by atoms with Crippen LogP contribution in [0.3, 0.4) is 0 Å². The number of rotatable bonds is 4. The van der Waals surface area contributed by atoms with Gasteiger partial charge in [-0.1, -0.05) is 18.2 Å². The number of nitrogens with two attached hydrogens (primary N) is 1. The van der Waals surface area contributed by atoms with Crippen LogP contribution in [0.15, 0.2) is 48.5 Å². The highest BCUT2D eigenvalue weighted by molar-refractivity contribution is 5.95. The number of nitrogens with zero attached hydrogens (tertiary/aromatic N) is 2. The molecule has 0 fully saturated rings. The van der Waals surface area contributed by atoms with Crippen LogP contribution in [0.2, 0.25) is 0 Å². The molecule has 3 rings (SSSR count). The lowest BCUT2D eigenvalue weighted by molar-refractivity contribution is -0.121. The normalized spacial score (nSPS) is 10.7. The molecule has 0 radical (unpaired) electrons. The molecule has 1 amide bonds. The number of benzene rings is 2. The van der Waals surface area contributed by atoms with E-state index in [0.29, 0.717) is 11.1 Å². The highest BCUT2D eigenvalue weighted by Gasteiger charge is 2.14. The summed E-state index contributed by atoms with van der Waals surface area (Å²) < 4.78 is 6.82. The Bertz CT molecular complexity index is 885. The molecule has 0 spiro atoms. The molecule has 0 saturated carbocycles. The molecular weight excluding hydrogens is 294 g/mol. The van der Waals surface area contributed by atoms with Crippen LogP contribution in [0.25, 0.3) is 16.7 Å². The first-order valence-electron chi connectivity index (χ1n) is 7.06. The first-order chi connectivity index (χ1) is 11.1. The summed E-state index contributed by atoms with van der Waals surface area (Å²) in [5.74, 6) is -0.477. The van der Waals surface area contributed by atoms with E-state index in [4.69, 9.17) is 10.5 Å². The summed E-state index contributed by atoms with van der Waals surface area (Å²) in [5.41, 5.74) is 7.86. The number of ether oxygens (including phenoxy) is 1. The van der Waals surface area contributed by atoms with Gasteiger partial charge in [-0.25, -0.2) is 9.78 Å². The van der Waals surface area contributed by atoms with Crippen LogP contribution in [0.4, 0.5) is 0 Å². The van der Waals surface area contributed by atoms with Gasteiger partial charge in [-0.05, 0) is 37.3 Å². The highest BCUT2D eigenvalue weighted by Crippen LogP contribution is 2.22. The third kappa shape index (κ3) is 2.91. The number of aromatic nitrogens is 2. The summed E-state index contributed by atoms with van der Waals surface area (Å²) in [6.45, 7) is 1.46. The Kier molecular flexibility index (Phi) is 3.80. The maximum Gasteiger partial charge on any atom is 0.338 e. The number of fused-ring (bicyclic) bond motifs is 1. The van der Waals surface area contributed by atoms with Crippen molar-refractivity contribution in [1.82, 2.24) is 9.55 Å². The van der Waals surface area contributed by atoms with Crippen molar-refractivity contribution in [1.29, 1.82) is 0 Å². The lowest BCUT2D eigenvalue weighted by Gasteiger charge is -2.07. The Balaban J connectivity index is 2.00. The van der Waals surface area contributed by atoms with Crippen LogP contribution in [-0.4, -0.2) is 28.0 Å². The minimum Gasteiger partial charge on any atom is -0.452 e. The van der Waals surface area contributed by atoms with E-state index in [9.17, 15) is 9.59 Å². The Morgan fingerprint density at radius 2 is 1.91 bits per heavy atom. The van der Waals surface area contributed by atoms with Gasteiger partial charge in [0.25, 0.3) is 5.91 Å². The molecule has 1 heterocycles. The lowest BCUT2D eigenvalue weighted by Crippen LogP contribution is -2.20. The van der Waals surface area contributed by atoms with E-state index in [1.807, 2.05) is 47.9 Å². The summed E-state index contributed by atoms with van der Waals surface area (Å²) in [7, 11) is 0. The second kappa shape index (κ2) is 5.92. The van der Waals surface area contributed by atoms with E-state index in [1.165, 1.54) is 0 Å². The van der Waals surface area contributed by atoms with E-state index in [-0.39, 0.29) is 0 Å². The number of carbonyl (C=O) groups is 2. The van der Waals surface area contributed by atoms with Crippen LogP contribution in [0, 0.1) is 6.92 Å². The molecule has 0 bridgehead atoms. The minimum atomic E-state index is -0.691. The van der Waals surface area contributed by atoms with Gasteiger partial charge >= 0.3 is 5.97 Å². The van der Waals surface area contributed by atoms with E-state index in [2.05, 4.69) is 4.98 Å². The average molecular weight is 309 g/mol. The monoisotopic (exact) mass is 309 g/mol. The molecule has 0 aliphatic heterocycles. The van der Waals surface area contributed by atoms with Crippen molar-refractivity contribution >= 4 is 22.9 Å². The molecule has 0 atom stereocenters. The van der Waals surface area contributed by atoms with Crippen molar-refractivity contribution < 1.29 is 14.3 Å². The number of primary amides is 1. The van der Waals surface area contributed by atoms with Gasteiger partial charge in [-0.2, -0.15) is 0 Å². The van der Waals surface area contributed by atoms with Crippen molar-refractivity contribution in [2.24, 2.45) is 5.73 Å². The number of amides is 1. The van der Waals surface area contributed by atoms with E-state index >= 15 is 0 Å². The predicted molar refractivity (Wildman–Crippen MR) is 85.3 cm³/mol. The predicted octanol–water partition coefficient (Wildman–Crippen LogP) is 1.98. The Hall–Kier alpha value is -3.15. The topological polar surface area (TPSA) is 87.2 Å². The summed E-state index contributed by atoms with van der Waals surface area (Å²) in [4.78, 5) is 27.1. The zero-order valence-corrected chi connectivity index (χ0v) is 12.5. The zero-order chi connectivity index (χ0) is 16.4. The van der Waals surface area contributed by atoms with Crippen LogP contribution >= 0.6 is 0 Å². The van der Waals surface area contributed by atoms with Crippen molar-refractivity contribution in [2.75, 3.05) is 6.61 Å². The minimum absolute atomic E-state index is 0.330. The van der Waals surface area contributed by atoms with Crippen molar-refractivity contribution in [3.05, 3.63) is 59.9 Å². The van der Waals surface area contributed by atoms with E-state index < -0.39 is 18.5 Å². The van der Waals surface area contributed by atoms with Gasteiger partial charge < -0.3 is 10.5 Å². The number of aryl methyl sites for hydroxylation is 1. The van der Waals surface area contributed by atoms with Gasteiger partial charge in [0.2, 0.25) is 0 Å². The highest BCUT2D eigenvalue weighted by atomic mass is 16.5. The fourth-order valence-electron chi connectivity index (χ4n) is 2.45. The first kappa shape index (κ1) is 14.8. The second-order valence-electron chi connectivity index (χ2n) is 5.08. The van der Waals surface area contributed by atoms with Gasteiger partial charge in [-0.15, -0.1) is 0 Å². The molecule has 6 nitrogen and oxygen atoms in total. The largest absolute Gasteiger partial charge is 0.452 e. The maximum absolute atomic E-state index is 11.9. The maximum atomic E-state index is 11.9. The molecule has 3 aromatic rings. The second-order valence-corrected chi connectivity index (χ2v) is 5.08. The molecule has 2 aromatic carbocycles. The molecule has 23 heavy (non-hydrogen) atoms. The number of hydrogen-bond donors (Lipinski definition) is 1. The Morgan fingerprint density at radius 1 is 1.17 bits per heavy atom. The van der Waals surface area contributed by atoms with Gasteiger partial charge in [0, 0.05) is 5.69 Å². The van der Waals surface area contributed by atoms with Crippen LogP contribution in [0.1, 0.15) is 16.2 Å². The number of carbonyl (C=O) groups excluding carboxylic acids is 2. The summed E-state index contributed by atoms with van der Waals surface area (Å²) in [6, 6.07) is 14.9. The third-order valence-electron chi connectivity index (χ3n) is 3.42. The smallest absolute Gasteiger partial charge is 0.338 e. The van der Waals surface area contributed by atoms with E-state index in [0.717, 1.165) is 17.0 Å². The van der Waals surface area contributed by atoms with Crippen LogP contribution < -0.4 is 5.73 Å². The summed E-state index contributed by atoms with van der Waals surface area (Å²) in [6.07, 6.45) is 0. The molecule has 6 heteroatoms. The number of para-hydroxylation sites is 1. The van der Waals surface area contributed by atoms with Crippen LogP contribution in [-0.2, 0) is 9.53 Å². The Morgan fingerprint density at radius 3 is 2.61 bits per heavy atom. The third-order valence-corrected chi connectivity index (χ3v) is 3.42. The fourth-order valence-corrected chi connectivity index (χ4v) is 2.45. The van der Waals surface area contributed by atoms with Gasteiger partial charge in [0.15, 0.2) is 6.61 Å². The van der Waals surface area contributed by atoms with Crippen molar-refractivity contribution in [3.8, 4) is 5.69 Å². The Labute approximate surface area is 132 Å². The number of hydrogen-bond acceptors (Lipinski definition) is 4. The van der Waals surface area contributed by atoms with Crippen LogP contribution in [0.5, 0.6) is 0 Å². The molecule has 0 saturated heterocycles. The molecule has 2 N–H and O–H groups in total. The fraction of sp³-hybridized carbons (Fsp3) is 0.118.